The first-order chi connectivity index (χ1) is 10.1. The first kappa shape index (κ1) is 12.9. The topological polar surface area (TPSA) is 73.3 Å². The van der Waals surface area contributed by atoms with Gasteiger partial charge in [-0.1, -0.05) is 12.0 Å². The zero-order valence-electron chi connectivity index (χ0n) is 11.4. The Labute approximate surface area is 121 Å². The number of nitrogens with two attached hydrogens (primary N) is 1. The van der Waals surface area contributed by atoms with Crippen LogP contribution in [0.5, 0.6) is 0 Å². The molecule has 0 saturated heterocycles. The Morgan fingerprint density at radius 3 is 2.95 bits per heavy atom. The van der Waals surface area contributed by atoms with Gasteiger partial charge in [0.25, 0.3) is 0 Å². The van der Waals surface area contributed by atoms with Gasteiger partial charge >= 0.3 is 0 Å². The van der Waals surface area contributed by atoms with Gasteiger partial charge in [0.05, 0.1) is 11.8 Å². The van der Waals surface area contributed by atoms with Crippen molar-refractivity contribution < 1.29 is 4.79 Å². The van der Waals surface area contributed by atoms with Crippen LogP contribution in [0.1, 0.15) is 27.2 Å². The Hall–Kier alpha value is -3.13. The van der Waals surface area contributed by atoms with E-state index in [9.17, 15) is 4.79 Å². The number of benzene rings is 1. The van der Waals surface area contributed by atoms with Gasteiger partial charge in [0.15, 0.2) is 5.65 Å². The number of rotatable bonds is 1. The van der Waals surface area contributed by atoms with Crippen LogP contribution in [0.15, 0.2) is 42.7 Å². The highest BCUT2D eigenvalue weighted by molar-refractivity contribution is 5.95. The summed E-state index contributed by atoms with van der Waals surface area (Å²) in [4.78, 5) is 15.6. The molecule has 0 aliphatic heterocycles. The van der Waals surface area contributed by atoms with E-state index in [1.165, 1.54) is 0 Å². The SMILES string of the molecule is Cc1ccc(C(N)=O)c(C#Cc2cnc3cccnn23)c1. The molecular weight excluding hydrogens is 264 g/mol. The van der Waals surface area contributed by atoms with E-state index in [1.807, 2.05) is 31.2 Å². The lowest BCUT2D eigenvalue weighted by molar-refractivity contribution is 0.1000. The fourth-order valence-corrected chi connectivity index (χ4v) is 2.02. The number of aromatic nitrogens is 3. The first-order valence-electron chi connectivity index (χ1n) is 6.36. The average Bonchev–Trinajstić information content (AvgIpc) is 2.88. The summed E-state index contributed by atoms with van der Waals surface area (Å²) in [6.45, 7) is 1.94. The van der Waals surface area contributed by atoms with Crippen molar-refractivity contribution >= 4 is 11.6 Å². The minimum atomic E-state index is -0.490. The van der Waals surface area contributed by atoms with Crippen LogP contribution in [-0.2, 0) is 0 Å². The molecule has 102 valence electrons. The van der Waals surface area contributed by atoms with Crippen LogP contribution < -0.4 is 5.73 Å². The van der Waals surface area contributed by atoms with Gasteiger partial charge in [0, 0.05) is 11.8 Å². The van der Waals surface area contributed by atoms with E-state index in [-0.39, 0.29) is 0 Å². The largest absolute Gasteiger partial charge is 0.366 e. The van der Waals surface area contributed by atoms with Gasteiger partial charge in [-0.15, -0.1) is 0 Å². The fraction of sp³-hybridized carbons (Fsp3) is 0.0625. The second kappa shape index (κ2) is 5.10. The standard InChI is InChI=1S/C16H12N4O/c1-11-4-7-14(16(17)21)12(9-11)5-6-13-10-18-15-3-2-8-19-20(13)15/h2-4,7-10H,1H3,(H2,17,21). The maximum absolute atomic E-state index is 11.4. The van der Waals surface area contributed by atoms with E-state index >= 15 is 0 Å². The third kappa shape index (κ3) is 2.47. The van der Waals surface area contributed by atoms with Crippen molar-refractivity contribution in [2.75, 3.05) is 0 Å². The summed E-state index contributed by atoms with van der Waals surface area (Å²) in [5, 5.41) is 4.19. The van der Waals surface area contributed by atoms with E-state index in [2.05, 4.69) is 21.9 Å². The second-order valence-corrected chi connectivity index (χ2v) is 4.60. The van der Waals surface area contributed by atoms with Crippen LogP contribution in [0.4, 0.5) is 0 Å². The van der Waals surface area contributed by atoms with E-state index < -0.39 is 5.91 Å². The van der Waals surface area contributed by atoms with Crippen LogP contribution in [0.25, 0.3) is 5.65 Å². The summed E-state index contributed by atoms with van der Waals surface area (Å²) in [5.41, 5.74) is 8.78. The molecule has 2 N–H and O–H groups in total. The Morgan fingerprint density at radius 1 is 1.29 bits per heavy atom. The van der Waals surface area contributed by atoms with Gasteiger partial charge in [-0.2, -0.15) is 5.10 Å². The molecule has 1 amide bonds. The molecule has 0 bridgehead atoms. The molecular formula is C16H12N4O. The number of nitrogens with zero attached hydrogens (tertiary/aromatic N) is 3. The Morgan fingerprint density at radius 2 is 2.14 bits per heavy atom. The number of imidazole rings is 1. The fourth-order valence-electron chi connectivity index (χ4n) is 2.02. The van der Waals surface area contributed by atoms with Crippen LogP contribution in [-0.4, -0.2) is 20.5 Å². The number of hydrogen-bond acceptors (Lipinski definition) is 3. The summed E-state index contributed by atoms with van der Waals surface area (Å²) in [6.07, 6.45) is 3.32. The summed E-state index contributed by atoms with van der Waals surface area (Å²) in [6, 6.07) is 9.02. The highest BCUT2D eigenvalue weighted by Gasteiger charge is 2.06. The quantitative estimate of drug-likeness (QED) is 0.685. The molecule has 0 aliphatic rings. The Balaban J connectivity index is 2.09. The monoisotopic (exact) mass is 276 g/mol. The van der Waals surface area contributed by atoms with Gasteiger partial charge in [0.2, 0.25) is 5.91 Å². The molecule has 0 radical (unpaired) electrons. The predicted molar refractivity (Wildman–Crippen MR) is 78.7 cm³/mol. The summed E-state index contributed by atoms with van der Waals surface area (Å²) in [5.74, 6) is 5.47. The molecule has 2 heterocycles. The molecule has 0 spiro atoms. The van der Waals surface area contributed by atoms with E-state index in [1.54, 1.807) is 23.0 Å². The lowest BCUT2D eigenvalue weighted by Crippen LogP contribution is -2.12. The van der Waals surface area contributed by atoms with Crippen LogP contribution in [0.3, 0.4) is 0 Å². The van der Waals surface area contributed by atoms with Crippen LogP contribution >= 0.6 is 0 Å². The molecule has 2 aromatic heterocycles. The molecule has 5 nitrogen and oxygen atoms in total. The summed E-state index contributed by atoms with van der Waals surface area (Å²) in [7, 11) is 0. The molecule has 0 unspecified atom stereocenters. The van der Waals surface area contributed by atoms with Gasteiger partial charge in [-0.3, -0.25) is 4.79 Å². The summed E-state index contributed by atoms with van der Waals surface area (Å²) >= 11 is 0. The molecule has 0 aliphatic carbocycles. The lowest BCUT2D eigenvalue weighted by Gasteiger charge is -2.01. The number of hydrogen-bond donors (Lipinski definition) is 1. The summed E-state index contributed by atoms with van der Waals surface area (Å²) < 4.78 is 1.65. The molecule has 0 atom stereocenters. The van der Waals surface area contributed by atoms with Crippen molar-refractivity contribution in [1.29, 1.82) is 0 Å². The molecule has 3 aromatic rings. The minimum Gasteiger partial charge on any atom is -0.366 e. The number of primary amides is 1. The van der Waals surface area contributed by atoms with E-state index in [0.717, 1.165) is 11.2 Å². The zero-order valence-corrected chi connectivity index (χ0v) is 11.4. The van der Waals surface area contributed by atoms with Gasteiger partial charge < -0.3 is 5.73 Å². The average molecular weight is 276 g/mol. The molecule has 1 aromatic carbocycles. The second-order valence-electron chi connectivity index (χ2n) is 4.60. The van der Waals surface area contributed by atoms with E-state index in [4.69, 9.17) is 5.73 Å². The number of carbonyl (C=O) groups excluding carboxylic acids is 1. The molecule has 3 rings (SSSR count). The molecule has 0 fully saturated rings. The molecule has 21 heavy (non-hydrogen) atoms. The lowest BCUT2D eigenvalue weighted by atomic mass is 10.0. The number of amides is 1. The molecule has 5 heteroatoms. The van der Waals surface area contributed by atoms with Crippen molar-refractivity contribution in [2.45, 2.75) is 6.92 Å². The van der Waals surface area contributed by atoms with Gasteiger partial charge in [-0.25, -0.2) is 9.50 Å². The third-order valence-corrected chi connectivity index (χ3v) is 3.04. The van der Waals surface area contributed by atoms with Crippen molar-refractivity contribution in [3.63, 3.8) is 0 Å². The van der Waals surface area contributed by atoms with Crippen LogP contribution in [0.2, 0.25) is 0 Å². The van der Waals surface area contributed by atoms with Gasteiger partial charge in [-0.05, 0) is 42.7 Å². The smallest absolute Gasteiger partial charge is 0.249 e. The number of fused-ring (bicyclic) bond motifs is 1. The highest BCUT2D eigenvalue weighted by Crippen LogP contribution is 2.10. The minimum absolute atomic E-state index is 0.412. The number of carbonyl (C=O) groups is 1. The first-order valence-corrected chi connectivity index (χ1v) is 6.36. The van der Waals surface area contributed by atoms with Crippen molar-refractivity contribution in [2.24, 2.45) is 5.73 Å². The zero-order chi connectivity index (χ0) is 14.8. The third-order valence-electron chi connectivity index (χ3n) is 3.04. The van der Waals surface area contributed by atoms with Crippen molar-refractivity contribution in [3.05, 3.63) is 65.1 Å². The normalized spacial score (nSPS) is 10.1. The van der Waals surface area contributed by atoms with E-state index in [0.29, 0.717) is 16.8 Å². The maximum Gasteiger partial charge on any atom is 0.249 e. The van der Waals surface area contributed by atoms with Gasteiger partial charge in [0.1, 0.15) is 5.69 Å². The predicted octanol–water partition coefficient (Wildman–Crippen LogP) is 1.54. The Bertz CT molecular complexity index is 899. The van der Waals surface area contributed by atoms with Crippen LogP contribution in [0, 0.1) is 18.8 Å². The van der Waals surface area contributed by atoms with Crippen molar-refractivity contribution in [3.8, 4) is 11.8 Å². The van der Waals surface area contributed by atoms with Crippen molar-refractivity contribution in [1.82, 2.24) is 14.6 Å². The Kier molecular flexibility index (Phi) is 3.13. The maximum atomic E-state index is 11.4. The highest BCUT2D eigenvalue weighted by atomic mass is 16.1. The molecule has 0 saturated carbocycles. The number of aryl methyl sites for hydroxylation is 1.